The number of nitrogens with one attached hydrogen (secondary N) is 2. The van der Waals surface area contributed by atoms with Gasteiger partial charge in [-0.25, -0.2) is 0 Å². The maximum Gasteiger partial charge on any atom is 0.268 e. The Morgan fingerprint density at radius 2 is 1.45 bits per heavy atom. The molecule has 2 N–H and O–H groups in total. The number of amides is 2. The second kappa shape index (κ2) is 18.3. The number of para-hydroxylation sites is 1. The molecule has 210 valence electrons. The number of anilines is 1. The molecule has 0 radical (unpaired) electrons. The Labute approximate surface area is 244 Å². The number of hydrogen-bond donors (Lipinski definition) is 2. The molecule has 0 saturated heterocycles. The fourth-order valence-electron chi connectivity index (χ4n) is 3.50. The van der Waals surface area contributed by atoms with E-state index in [4.69, 9.17) is 18.9 Å². The first-order valence-corrected chi connectivity index (χ1v) is 12.3. The number of ether oxygens (including phenoxy) is 4. The largest absolute Gasteiger partial charge is 0.486 e. The molecule has 0 bridgehead atoms. The van der Waals surface area contributed by atoms with E-state index in [1.807, 2.05) is 18.2 Å². The third kappa shape index (κ3) is 10.3. The van der Waals surface area contributed by atoms with Gasteiger partial charge in [-0.15, -0.1) is 0 Å². The maximum atomic E-state index is 12.9. The Morgan fingerprint density at radius 1 is 0.833 bits per heavy atom. The van der Waals surface area contributed by atoms with Crippen LogP contribution in [0, 0.1) is 0 Å². The lowest BCUT2D eigenvalue weighted by atomic mass is 10.0. The number of fused-ring (bicyclic) bond motifs is 2. The second-order valence-electron chi connectivity index (χ2n) is 7.86. The van der Waals surface area contributed by atoms with E-state index in [1.54, 1.807) is 24.3 Å². The fraction of sp³-hybridized carbons (Fsp3) is 0.176. The first-order chi connectivity index (χ1) is 20.5. The molecule has 2 aliphatic rings. The standard InChI is InChI=1S/C20H20N2O6.C9H4.C5H4/c1-25-11-17(23)22-18-13-4-2-3-5-14(13)28-19(18)20(24)21-12-6-7-15-16(10-12)27-9-8-26-15;1-3-5-7-9-8-6-4-2;1-3-5-4-2/h2-7,10,18-19H,8-9,11H2,1H3,(H,21,24)(H,22,23);1-2H2;1-2H2. The summed E-state index contributed by atoms with van der Waals surface area (Å²) in [6.45, 7) is 13.8. The van der Waals surface area contributed by atoms with Crippen LogP contribution in [0.1, 0.15) is 11.6 Å². The van der Waals surface area contributed by atoms with Crippen LogP contribution in [0.4, 0.5) is 5.69 Å². The molecule has 2 heterocycles. The molecular weight excluding hydrogens is 532 g/mol. The lowest BCUT2D eigenvalue weighted by Crippen LogP contribution is -2.43. The molecule has 2 unspecified atom stereocenters. The molecule has 8 nitrogen and oxygen atoms in total. The summed E-state index contributed by atoms with van der Waals surface area (Å²) in [5, 5.41) is 5.63. The van der Waals surface area contributed by atoms with Crippen LogP contribution in [0.15, 0.2) is 126 Å². The highest BCUT2D eigenvalue weighted by molar-refractivity contribution is 5.96. The van der Waals surface area contributed by atoms with Gasteiger partial charge in [0.1, 0.15) is 31.6 Å². The van der Waals surface area contributed by atoms with Gasteiger partial charge in [0.25, 0.3) is 5.91 Å². The SMILES string of the molecule is C=C=C=C=C.C=C=C=C=C=C=C=C=C.COCC(=O)NC1c2ccccc2OC1C(=O)Nc1ccc2c(c1)OCCO2. The second-order valence-corrected chi connectivity index (χ2v) is 7.86. The van der Waals surface area contributed by atoms with E-state index in [0.29, 0.717) is 36.1 Å². The van der Waals surface area contributed by atoms with Gasteiger partial charge in [0.15, 0.2) is 11.5 Å². The molecule has 2 amide bonds. The Balaban J connectivity index is 0.000000368. The van der Waals surface area contributed by atoms with Gasteiger partial charge in [0, 0.05) is 24.4 Å². The molecule has 0 spiro atoms. The normalized spacial score (nSPS) is 14.0. The van der Waals surface area contributed by atoms with Crippen molar-refractivity contribution in [3.05, 3.63) is 132 Å². The highest BCUT2D eigenvalue weighted by Crippen LogP contribution is 2.37. The molecule has 0 aromatic heterocycles. The molecule has 4 rings (SSSR count). The number of carbonyl (C=O) groups excluding carboxylic acids is 2. The van der Waals surface area contributed by atoms with Crippen LogP contribution in [-0.4, -0.2) is 44.8 Å². The van der Waals surface area contributed by atoms with Gasteiger partial charge in [-0.2, -0.15) is 0 Å². The lowest BCUT2D eigenvalue weighted by molar-refractivity contribution is -0.128. The molecular formula is C34H28N2O6. The molecule has 8 heteroatoms. The Morgan fingerprint density at radius 3 is 2.07 bits per heavy atom. The molecule has 0 saturated carbocycles. The summed E-state index contributed by atoms with van der Waals surface area (Å²) in [6, 6.07) is 11.8. The van der Waals surface area contributed by atoms with Crippen LogP contribution >= 0.6 is 0 Å². The minimum atomic E-state index is -0.911. The Kier molecular flexibility index (Phi) is 14.1. The van der Waals surface area contributed by atoms with Crippen molar-refractivity contribution >= 4 is 17.5 Å². The summed E-state index contributed by atoms with van der Waals surface area (Å²) in [7, 11) is 1.44. The topological polar surface area (TPSA) is 95.1 Å². The maximum absolute atomic E-state index is 12.9. The summed E-state index contributed by atoms with van der Waals surface area (Å²) in [6.07, 6.45) is -0.911. The van der Waals surface area contributed by atoms with Crippen LogP contribution < -0.4 is 24.8 Å². The van der Waals surface area contributed by atoms with Gasteiger partial charge >= 0.3 is 0 Å². The van der Waals surface area contributed by atoms with Crippen molar-refractivity contribution in [1.82, 2.24) is 5.32 Å². The van der Waals surface area contributed by atoms with E-state index in [9.17, 15) is 9.59 Å². The van der Waals surface area contributed by atoms with Crippen molar-refractivity contribution in [2.24, 2.45) is 0 Å². The zero-order valence-electron chi connectivity index (χ0n) is 23.1. The van der Waals surface area contributed by atoms with Crippen LogP contribution in [0.25, 0.3) is 0 Å². The molecule has 0 aliphatic carbocycles. The number of methoxy groups -OCH3 is 1. The zero-order chi connectivity index (χ0) is 30.6. The number of benzene rings is 2. The number of carbonyl (C=O) groups is 2. The minimum absolute atomic E-state index is 0.102. The molecule has 2 aliphatic heterocycles. The molecule has 0 fully saturated rings. The summed E-state index contributed by atoms with van der Waals surface area (Å²) in [5.74, 6) is 1.07. The lowest BCUT2D eigenvalue weighted by Gasteiger charge is -2.21. The first kappa shape index (κ1) is 32.2. The van der Waals surface area contributed by atoms with Gasteiger partial charge in [0.2, 0.25) is 12.0 Å². The summed E-state index contributed by atoms with van der Waals surface area (Å²) < 4.78 is 21.7. The van der Waals surface area contributed by atoms with Crippen molar-refractivity contribution in [3.8, 4) is 17.2 Å². The van der Waals surface area contributed by atoms with Crippen LogP contribution in [0.3, 0.4) is 0 Å². The fourth-order valence-corrected chi connectivity index (χ4v) is 3.50. The van der Waals surface area contributed by atoms with Crippen molar-refractivity contribution in [2.45, 2.75) is 12.1 Å². The molecule has 42 heavy (non-hydrogen) atoms. The van der Waals surface area contributed by atoms with Gasteiger partial charge < -0.3 is 29.6 Å². The van der Waals surface area contributed by atoms with Gasteiger partial charge in [0.05, 0.1) is 0 Å². The third-order valence-electron chi connectivity index (χ3n) is 5.07. The monoisotopic (exact) mass is 560 g/mol. The summed E-state index contributed by atoms with van der Waals surface area (Å²) in [5.41, 5.74) is 25.3. The van der Waals surface area contributed by atoms with Crippen LogP contribution in [0.5, 0.6) is 17.2 Å². The number of hydrogen-bond acceptors (Lipinski definition) is 6. The predicted molar refractivity (Wildman–Crippen MR) is 157 cm³/mol. The minimum Gasteiger partial charge on any atom is -0.486 e. The van der Waals surface area contributed by atoms with E-state index in [1.165, 1.54) is 7.11 Å². The van der Waals surface area contributed by atoms with Gasteiger partial charge in [-0.3, -0.25) is 9.59 Å². The average molecular weight is 561 g/mol. The van der Waals surface area contributed by atoms with E-state index >= 15 is 0 Å². The van der Waals surface area contributed by atoms with Crippen molar-refractivity contribution in [2.75, 3.05) is 32.2 Å². The van der Waals surface area contributed by atoms with E-state index < -0.39 is 12.1 Å². The number of rotatable bonds is 5. The van der Waals surface area contributed by atoms with Gasteiger partial charge in [-0.1, -0.05) is 41.1 Å². The highest BCUT2D eigenvalue weighted by Gasteiger charge is 2.40. The van der Waals surface area contributed by atoms with E-state index in [0.717, 1.165) is 5.56 Å². The molecule has 2 aromatic rings. The average Bonchev–Trinajstić information content (AvgIpc) is 3.36. The predicted octanol–water partition coefficient (Wildman–Crippen LogP) is 4.82. The quantitative estimate of drug-likeness (QED) is 0.510. The molecule has 2 atom stereocenters. The Hall–Kier alpha value is -5.98. The summed E-state index contributed by atoms with van der Waals surface area (Å²) in [4.78, 5) is 25.0. The van der Waals surface area contributed by atoms with Crippen LogP contribution in [-0.2, 0) is 14.3 Å². The molecule has 2 aromatic carbocycles. The van der Waals surface area contributed by atoms with E-state index in [2.05, 4.69) is 94.3 Å². The zero-order valence-corrected chi connectivity index (χ0v) is 23.1. The van der Waals surface area contributed by atoms with Crippen molar-refractivity contribution in [3.63, 3.8) is 0 Å². The Bertz CT molecular complexity index is 1620. The van der Waals surface area contributed by atoms with E-state index in [-0.39, 0.29) is 18.4 Å². The summed E-state index contributed by atoms with van der Waals surface area (Å²) >= 11 is 0. The van der Waals surface area contributed by atoms with Crippen LogP contribution in [0.2, 0.25) is 0 Å². The highest BCUT2D eigenvalue weighted by atomic mass is 16.6. The van der Waals surface area contributed by atoms with Crippen molar-refractivity contribution < 1.29 is 28.5 Å². The first-order valence-electron chi connectivity index (χ1n) is 12.3. The third-order valence-corrected chi connectivity index (χ3v) is 5.07. The van der Waals surface area contributed by atoms with Gasteiger partial charge in [-0.05, 0) is 78.9 Å². The van der Waals surface area contributed by atoms with Crippen molar-refractivity contribution in [1.29, 1.82) is 0 Å². The smallest absolute Gasteiger partial charge is 0.268 e.